The molecule has 0 saturated heterocycles. The van der Waals surface area contributed by atoms with E-state index in [0.717, 1.165) is 31.6 Å². The summed E-state index contributed by atoms with van der Waals surface area (Å²) >= 11 is 6.06. The Morgan fingerprint density at radius 1 is 1.47 bits per heavy atom. The van der Waals surface area contributed by atoms with E-state index in [9.17, 15) is 0 Å². The average Bonchev–Trinajstić information content (AvgIpc) is 2.74. The molecule has 0 radical (unpaired) electrons. The standard InChI is InChI=1S/C11H16ClN3/c1-2-8(12)6-13-11-9-4-3-5-10(9)14-7-15-11/h7-8H,2-6H2,1H3,(H,13,14,15). The van der Waals surface area contributed by atoms with Crippen molar-refractivity contribution in [2.75, 3.05) is 11.9 Å². The van der Waals surface area contributed by atoms with Crippen LogP contribution >= 0.6 is 11.6 Å². The van der Waals surface area contributed by atoms with E-state index in [2.05, 4.69) is 22.2 Å². The van der Waals surface area contributed by atoms with Crippen molar-refractivity contribution in [1.29, 1.82) is 0 Å². The summed E-state index contributed by atoms with van der Waals surface area (Å²) in [6, 6.07) is 0. The smallest absolute Gasteiger partial charge is 0.132 e. The van der Waals surface area contributed by atoms with Gasteiger partial charge in [-0.3, -0.25) is 0 Å². The van der Waals surface area contributed by atoms with Crippen molar-refractivity contribution in [3.8, 4) is 0 Å². The first-order chi connectivity index (χ1) is 7.31. The summed E-state index contributed by atoms with van der Waals surface area (Å²) in [5.41, 5.74) is 2.49. The quantitative estimate of drug-likeness (QED) is 0.800. The molecule has 1 heterocycles. The number of aromatic nitrogens is 2. The van der Waals surface area contributed by atoms with Crippen molar-refractivity contribution in [2.45, 2.75) is 38.0 Å². The number of hydrogen-bond donors (Lipinski definition) is 1. The molecule has 0 spiro atoms. The van der Waals surface area contributed by atoms with E-state index in [0.29, 0.717) is 0 Å². The second kappa shape index (κ2) is 4.79. The largest absolute Gasteiger partial charge is 0.368 e. The number of rotatable bonds is 4. The predicted molar refractivity (Wildman–Crippen MR) is 62.5 cm³/mol. The van der Waals surface area contributed by atoms with Gasteiger partial charge in [0, 0.05) is 17.8 Å². The number of halogens is 1. The molecule has 0 saturated carbocycles. The second-order valence-corrected chi connectivity index (χ2v) is 4.50. The highest BCUT2D eigenvalue weighted by atomic mass is 35.5. The van der Waals surface area contributed by atoms with Crippen LogP contribution in [0.25, 0.3) is 0 Å². The maximum absolute atomic E-state index is 6.06. The minimum atomic E-state index is 0.178. The molecular weight excluding hydrogens is 210 g/mol. The number of nitrogens with one attached hydrogen (secondary N) is 1. The van der Waals surface area contributed by atoms with Crippen molar-refractivity contribution >= 4 is 17.4 Å². The lowest BCUT2D eigenvalue weighted by Gasteiger charge is -2.11. The van der Waals surface area contributed by atoms with Crippen LogP contribution in [0.15, 0.2) is 6.33 Å². The molecule has 2 rings (SSSR count). The van der Waals surface area contributed by atoms with Crippen LogP contribution in [-0.2, 0) is 12.8 Å². The summed E-state index contributed by atoms with van der Waals surface area (Å²) in [7, 11) is 0. The van der Waals surface area contributed by atoms with Gasteiger partial charge in [0.05, 0.1) is 5.38 Å². The number of aryl methyl sites for hydroxylation is 1. The molecule has 0 aromatic carbocycles. The molecule has 1 N–H and O–H groups in total. The SMILES string of the molecule is CCC(Cl)CNc1ncnc2c1CCC2. The first-order valence-electron chi connectivity index (χ1n) is 5.52. The van der Waals surface area contributed by atoms with Gasteiger partial charge in [-0.15, -0.1) is 11.6 Å². The van der Waals surface area contributed by atoms with Crippen molar-refractivity contribution in [1.82, 2.24) is 9.97 Å². The second-order valence-electron chi connectivity index (χ2n) is 3.89. The maximum atomic E-state index is 6.06. The van der Waals surface area contributed by atoms with E-state index in [4.69, 9.17) is 11.6 Å². The lowest BCUT2D eigenvalue weighted by molar-refractivity contribution is 0.837. The number of nitrogens with zero attached hydrogens (tertiary/aromatic N) is 2. The molecular formula is C11H16ClN3. The fourth-order valence-electron chi connectivity index (χ4n) is 1.86. The Bertz CT molecular complexity index is 341. The van der Waals surface area contributed by atoms with E-state index < -0.39 is 0 Å². The average molecular weight is 226 g/mol. The molecule has 3 nitrogen and oxygen atoms in total. The van der Waals surface area contributed by atoms with Gasteiger partial charge < -0.3 is 5.32 Å². The first kappa shape index (κ1) is 10.7. The van der Waals surface area contributed by atoms with E-state index in [-0.39, 0.29) is 5.38 Å². The van der Waals surface area contributed by atoms with Crippen molar-refractivity contribution in [2.24, 2.45) is 0 Å². The van der Waals surface area contributed by atoms with Crippen molar-refractivity contribution in [3.05, 3.63) is 17.6 Å². The molecule has 0 amide bonds. The summed E-state index contributed by atoms with van der Waals surface area (Å²) in [6.45, 7) is 2.87. The molecule has 4 heteroatoms. The van der Waals surface area contributed by atoms with Gasteiger partial charge >= 0.3 is 0 Å². The van der Waals surface area contributed by atoms with Crippen LogP contribution in [0.2, 0.25) is 0 Å². The van der Waals surface area contributed by atoms with Crippen LogP contribution in [0.4, 0.5) is 5.82 Å². The molecule has 1 aliphatic rings. The van der Waals surface area contributed by atoms with Crippen LogP contribution in [0.1, 0.15) is 31.0 Å². The highest BCUT2D eigenvalue weighted by Gasteiger charge is 2.16. The molecule has 15 heavy (non-hydrogen) atoms. The van der Waals surface area contributed by atoms with Gasteiger partial charge in [0.1, 0.15) is 12.1 Å². The highest BCUT2D eigenvalue weighted by Crippen LogP contribution is 2.25. The monoisotopic (exact) mass is 225 g/mol. The zero-order chi connectivity index (χ0) is 10.7. The lowest BCUT2D eigenvalue weighted by atomic mass is 10.2. The third kappa shape index (κ3) is 2.40. The van der Waals surface area contributed by atoms with Crippen LogP contribution in [-0.4, -0.2) is 21.9 Å². The molecule has 0 aliphatic heterocycles. The predicted octanol–water partition coefficient (Wildman–Crippen LogP) is 2.39. The van der Waals surface area contributed by atoms with E-state index in [1.54, 1.807) is 6.33 Å². The molecule has 1 aromatic heterocycles. The van der Waals surface area contributed by atoms with E-state index in [1.165, 1.54) is 17.7 Å². The van der Waals surface area contributed by atoms with Crippen molar-refractivity contribution in [3.63, 3.8) is 0 Å². The van der Waals surface area contributed by atoms with Gasteiger partial charge in [-0.05, 0) is 25.7 Å². The molecule has 82 valence electrons. The molecule has 1 aromatic rings. The Balaban J connectivity index is 2.06. The summed E-state index contributed by atoms with van der Waals surface area (Å²) in [4.78, 5) is 8.56. The summed E-state index contributed by atoms with van der Waals surface area (Å²) in [5, 5.41) is 3.49. The van der Waals surface area contributed by atoms with Gasteiger partial charge in [-0.2, -0.15) is 0 Å². The van der Waals surface area contributed by atoms with Gasteiger partial charge in [-0.25, -0.2) is 9.97 Å². The number of fused-ring (bicyclic) bond motifs is 1. The fraction of sp³-hybridized carbons (Fsp3) is 0.636. The number of anilines is 1. The normalized spacial score (nSPS) is 16.1. The van der Waals surface area contributed by atoms with Gasteiger partial charge in [0.25, 0.3) is 0 Å². The Morgan fingerprint density at radius 2 is 2.33 bits per heavy atom. The van der Waals surface area contributed by atoms with Gasteiger partial charge in [-0.1, -0.05) is 6.92 Å². The summed E-state index contributed by atoms with van der Waals surface area (Å²) < 4.78 is 0. The van der Waals surface area contributed by atoms with E-state index in [1.807, 2.05) is 0 Å². The maximum Gasteiger partial charge on any atom is 0.132 e. The van der Waals surface area contributed by atoms with Crippen molar-refractivity contribution < 1.29 is 0 Å². The fourth-order valence-corrected chi connectivity index (χ4v) is 1.94. The molecule has 1 atom stereocenters. The Labute approximate surface area is 95.3 Å². The molecule has 1 unspecified atom stereocenters. The number of alkyl halides is 1. The Hall–Kier alpha value is -0.830. The Morgan fingerprint density at radius 3 is 3.13 bits per heavy atom. The highest BCUT2D eigenvalue weighted by molar-refractivity contribution is 6.20. The minimum absolute atomic E-state index is 0.178. The topological polar surface area (TPSA) is 37.8 Å². The third-order valence-corrected chi connectivity index (χ3v) is 3.27. The Kier molecular flexibility index (Phi) is 3.41. The molecule has 1 aliphatic carbocycles. The third-order valence-electron chi connectivity index (χ3n) is 2.81. The van der Waals surface area contributed by atoms with Crippen LogP contribution in [0, 0.1) is 0 Å². The zero-order valence-electron chi connectivity index (χ0n) is 8.96. The minimum Gasteiger partial charge on any atom is -0.368 e. The van der Waals surface area contributed by atoms with Crippen LogP contribution < -0.4 is 5.32 Å². The lowest BCUT2D eigenvalue weighted by Crippen LogP contribution is -2.15. The first-order valence-corrected chi connectivity index (χ1v) is 5.95. The summed E-state index contributed by atoms with van der Waals surface area (Å²) in [6.07, 6.45) is 5.99. The van der Waals surface area contributed by atoms with Crippen LogP contribution in [0.3, 0.4) is 0 Å². The summed E-state index contributed by atoms with van der Waals surface area (Å²) in [5.74, 6) is 0.983. The van der Waals surface area contributed by atoms with Gasteiger partial charge in [0.15, 0.2) is 0 Å². The number of hydrogen-bond acceptors (Lipinski definition) is 3. The van der Waals surface area contributed by atoms with Crippen LogP contribution in [0.5, 0.6) is 0 Å². The molecule has 0 bridgehead atoms. The van der Waals surface area contributed by atoms with Gasteiger partial charge in [0.2, 0.25) is 0 Å². The van der Waals surface area contributed by atoms with E-state index >= 15 is 0 Å². The zero-order valence-corrected chi connectivity index (χ0v) is 9.72. The molecule has 0 fully saturated rings.